The maximum atomic E-state index is 11.5. The molecule has 1 heterocycles. The van der Waals surface area contributed by atoms with E-state index in [-0.39, 0.29) is 12.1 Å². The van der Waals surface area contributed by atoms with Crippen molar-refractivity contribution in [2.24, 2.45) is 0 Å². The number of rotatable bonds is 5. The number of anilines is 1. The smallest absolute Gasteiger partial charge is 0.333 e. The second kappa shape index (κ2) is 7.46. The number of carbonyl (C=O) groups excluding carboxylic acids is 1. The second-order valence-corrected chi connectivity index (χ2v) is 6.45. The SMILES string of the molecule is Cc1ccc(S)cc1Cc1nsc(NNC(=O)NC(C)C)n1. The van der Waals surface area contributed by atoms with Gasteiger partial charge in [-0.25, -0.2) is 15.2 Å². The van der Waals surface area contributed by atoms with Crippen molar-refractivity contribution in [2.75, 3.05) is 5.43 Å². The van der Waals surface area contributed by atoms with E-state index in [1.165, 1.54) is 17.1 Å². The van der Waals surface area contributed by atoms with Crippen molar-refractivity contribution in [3.05, 3.63) is 35.2 Å². The summed E-state index contributed by atoms with van der Waals surface area (Å²) in [5.74, 6) is 0.709. The number of amides is 2. The Morgan fingerprint density at radius 3 is 2.91 bits per heavy atom. The molecule has 0 unspecified atom stereocenters. The Balaban J connectivity index is 1.94. The monoisotopic (exact) mass is 337 g/mol. The molecule has 1 aromatic heterocycles. The lowest BCUT2D eigenvalue weighted by Crippen LogP contribution is -2.42. The number of hydrazine groups is 1. The molecule has 2 rings (SSSR count). The van der Waals surface area contributed by atoms with E-state index in [4.69, 9.17) is 0 Å². The predicted octanol–water partition coefficient (Wildman–Crippen LogP) is 2.76. The predicted molar refractivity (Wildman–Crippen MR) is 91.6 cm³/mol. The van der Waals surface area contributed by atoms with Crippen LogP contribution in [0, 0.1) is 6.92 Å². The van der Waals surface area contributed by atoms with Gasteiger partial charge < -0.3 is 5.32 Å². The summed E-state index contributed by atoms with van der Waals surface area (Å²) in [5.41, 5.74) is 7.59. The fourth-order valence-electron chi connectivity index (χ4n) is 1.80. The van der Waals surface area contributed by atoms with Gasteiger partial charge in [0.1, 0.15) is 5.82 Å². The molecule has 118 valence electrons. The van der Waals surface area contributed by atoms with Crippen molar-refractivity contribution in [2.45, 2.75) is 38.1 Å². The number of thiol groups is 1. The third kappa shape index (κ3) is 4.88. The minimum atomic E-state index is -0.301. The van der Waals surface area contributed by atoms with E-state index in [2.05, 4.69) is 38.2 Å². The summed E-state index contributed by atoms with van der Waals surface area (Å²) in [4.78, 5) is 16.7. The molecule has 8 heteroatoms. The molecular formula is C14H19N5OS2. The highest BCUT2D eigenvalue weighted by Gasteiger charge is 2.08. The molecule has 0 fully saturated rings. The molecule has 2 aromatic rings. The zero-order chi connectivity index (χ0) is 16.1. The van der Waals surface area contributed by atoms with Gasteiger partial charge >= 0.3 is 6.03 Å². The van der Waals surface area contributed by atoms with Crippen LogP contribution in [0.5, 0.6) is 0 Å². The molecule has 0 saturated heterocycles. The number of aryl methyl sites for hydroxylation is 1. The fourth-order valence-corrected chi connectivity index (χ4v) is 2.57. The largest absolute Gasteiger partial charge is 0.335 e. The lowest BCUT2D eigenvalue weighted by Gasteiger charge is -2.09. The lowest BCUT2D eigenvalue weighted by molar-refractivity contribution is 0.240. The molecule has 1 aromatic carbocycles. The number of hydrogen-bond acceptors (Lipinski definition) is 6. The first kappa shape index (κ1) is 16.6. The third-order valence-corrected chi connectivity index (χ3v) is 3.80. The van der Waals surface area contributed by atoms with E-state index in [1.807, 2.05) is 39.0 Å². The van der Waals surface area contributed by atoms with Gasteiger partial charge in [-0.15, -0.1) is 12.6 Å². The van der Waals surface area contributed by atoms with Crippen LogP contribution in [0.25, 0.3) is 0 Å². The number of nitrogens with one attached hydrogen (secondary N) is 3. The van der Waals surface area contributed by atoms with Gasteiger partial charge in [0.15, 0.2) is 0 Å². The number of urea groups is 1. The number of carbonyl (C=O) groups is 1. The average Bonchev–Trinajstić information content (AvgIpc) is 2.88. The van der Waals surface area contributed by atoms with Gasteiger partial charge in [-0.05, 0) is 44.0 Å². The van der Waals surface area contributed by atoms with Crippen molar-refractivity contribution in [1.82, 2.24) is 20.1 Å². The van der Waals surface area contributed by atoms with Crippen LogP contribution in [0.4, 0.5) is 9.93 Å². The van der Waals surface area contributed by atoms with E-state index in [0.717, 1.165) is 10.5 Å². The quantitative estimate of drug-likeness (QED) is 0.500. The minimum absolute atomic E-state index is 0.0725. The van der Waals surface area contributed by atoms with Crippen LogP contribution in [0.15, 0.2) is 23.1 Å². The maximum absolute atomic E-state index is 11.5. The molecule has 0 aliphatic rings. The Morgan fingerprint density at radius 1 is 1.41 bits per heavy atom. The van der Waals surface area contributed by atoms with Gasteiger partial charge in [0.25, 0.3) is 0 Å². The van der Waals surface area contributed by atoms with Crippen LogP contribution in [-0.2, 0) is 6.42 Å². The zero-order valence-corrected chi connectivity index (χ0v) is 14.4. The summed E-state index contributed by atoms with van der Waals surface area (Å²) in [6, 6.07) is 5.77. The molecule has 0 saturated carbocycles. The van der Waals surface area contributed by atoms with Crippen LogP contribution < -0.4 is 16.2 Å². The van der Waals surface area contributed by atoms with Crippen LogP contribution >= 0.6 is 24.2 Å². The molecule has 0 aliphatic heterocycles. The van der Waals surface area contributed by atoms with Crippen LogP contribution in [0.1, 0.15) is 30.8 Å². The van der Waals surface area contributed by atoms with Crippen LogP contribution in [0.3, 0.4) is 0 Å². The fraction of sp³-hybridized carbons (Fsp3) is 0.357. The van der Waals surface area contributed by atoms with Gasteiger partial charge in [-0.1, -0.05) is 6.07 Å². The molecular weight excluding hydrogens is 318 g/mol. The van der Waals surface area contributed by atoms with Gasteiger partial charge in [0, 0.05) is 28.9 Å². The summed E-state index contributed by atoms with van der Waals surface area (Å²) in [5, 5.41) is 3.26. The molecule has 3 N–H and O–H groups in total. The Labute approximate surface area is 139 Å². The van der Waals surface area contributed by atoms with E-state index in [1.54, 1.807) is 0 Å². The van der Waals surface area contributed by atoms with Crippen molar-refractivity contribution in [3.8, 4) is 0 Å². The highest BCUT2D eigenvalue weighted by Crippen LogP contribution is 2.18. The molecule has 0 spiro atoms. The Hall–Kier alpha value is -1.80. The van der Waals surface area contributed by atoms with Crippen molar-refractivity contribution in [1.29, 1.82) is 0 Å². The highest BCUT2D eigenvalue weighted by molar-refractivity contribution is 7.80. The van der Waals surface area contributed by atoms with Crippen molar-refractivity contribution >= 4 is 35.3 Å². The van der Waals surface area contributed by atoms with Crippen molar-refractivity contribution in [3.63, 3.8) is 0 Å². The molecule has 0 radical (unpaired) electrons. The first-order valence-corrected chi connectivity index (χ1v) is 8.09. The molecule has 6 nitrogen and oxygen atoms in total. The Kier molecular flexibility index (Phi) is 5.62. The van der Waals surface area contributed by atoms with E-state index in [0.29, 0.717) is 17.4 Å². The highest BCUT2D eigenvalue weighted by atomic mass is 32.1. The van der Waals surface area contributed by atoms with Crippen LogP contribution in [-0.4, -0.2) is 21.4 Å². The molecule has 2 amide bonds. The van der Waals surface area contributed by atoms with Gasteiger partial charge in [-0.2, -0.15) is 4.37 Å². The second-order valence-electron chi connectivity index (χ2n) is 5.18. The normalized spacial score (nSPS) is 10.6. The Bertz CT molecular complexity index is 656. The molecule has 0 atom stereocenters. The topological polar surface area (TPSA) is 78.9 Å². The van der Waals surface area contributed by atoms with Crippen LogP contribution in [0.2, 0.25) is 0 Å². The molecule has 22 heavy (non-hydrogen) atoms. The maximum Gasteiger partial charge on any atom is 0.333 e. The average molecular weight is 337 g/mol. The lowest BCUT2D eigenvalue weighted by atomic mass is 10.1. The minimum Gasteiger partial charge on any atom is -0.335 e. The first-order valence-electron chi connectivity index (χ1n) is 6.87. The van der Waals surface area contributed by atoms with Gasteiger partial charge in [0.05, 0.1) is 0 Å². The number of hydrogen-bond donors (Lipinski definition) is 4. The first-order chi connectivity index (χ1) is 10.4. The van der Waals surface area contributed by atoms with E-state index >= 15 is 0 Å². The number of aromatic nitrogens is 2. The van der Waals surface area contributed by atoms with E-state index in [9.17, 15) is 4.79 Å². The zero-order valence-electron chi connectivity index (χ0n) is 12.7. The van der Waals surface area contributed by atoms with Crippen molar-refractivity contribution < 1.29 is 4.79 Å². The summed E-state index contributed by atoms with van der Waals surface area (Å²) < 4.78 is 4.29. The molecule has 0 aliphatic carbocycles. The van der Waals surface area contributed by atoms with E-state index < -0.39 is 0 Å². The standard InChI is InChI=1S/C14H19N5OS2/c1-8(2)15-13(20)17-18-14-16-12(19-22-14)7-10-6-11(21)5-4-9(10)3/h4-6,8,21H,7H2,1-3H3,(H2,15,17,20)(H,16,18,19). The number of nitrogens with zero attached hydrogens (tertiary/aromatic N) is 2. The van der Waals surface area contributed by atoms with Gasteiger partial charge in [0.2, 0.25) is 5.13 Å². The molecule has 0 bridgehead atoms. The number of benzene rings is 1. The summed E-state index contributed by atoms with van der Waals surface area (Å²) >= 11 is 5.56. The van der Waals surface area contributed by atoms with Gasteiger partial charge in [-0.3, -0.25) is 5.43 Å². The summed E-state index contributed by atoms with van der Waals surface area (Å²) in [6.45, 7) is 5.83. The third-order valence-electron chi connectivity index (χ3n) is 2.85. The Morgan fingerprint density at radius 2 is 2.18 bits per heavy atom. The summed E-state index contributed by atoms with van der Waals surface area (Å²) in [6.07, 6.45) is 0.636. The summed E-state index contributed by atoms with van der Waals surface area (Å²) in [7, 11) is 0.